The van der Waals surface area contributed by atoms with Gasteiger partial charge in [0.1, 0.15) is 11.4 Å². The average Bonchev–Trinajstić information content (AvgIpc) is 2.46. The molecule has 21 heavy (non-hydrogen) atoms. The van der Waals surface area contributed by atoms with Crippen molar-refractivity contribution in [3.63, 3.8) is 0 Å². The summed E-state index contributed by atoms with van der Waals surface area (Å²) in [4.78, 5) is 17.1. The predicted molar refractivity (Wildman–Crippen MR) is 80.8 cm³/mol. The Bertz CT molecular complexity index is 572. The quantitative estimate of drug-likeness (QED) is 0.871. The van der Waals surface area contributed by atoms with Gasteiger partial charge >= 0.3 is 0 Å². The number of anilines is 1. The highest BCUT2D eigenvalue weighted by Gasteiger charge is 2.70. The van der Waals surface area contributed by atoms with Crippen LogP contribution in [0.15, 0.2) is 18.2 Å². The monoisotopic (exact) mass is 289 g/mol. The second-order valence-corrected chi connectivity index (χ2v) is 6.75. The van der Waals surface area contributed by atoms with E-state index in [1.165, 1.54) is 0 Å². The molecule has 2 fully saturated rings. The number of hydrogen-bond donors (Lipinski definition) is 2. The van der Waals surface area contributed by atoms with E-state index in [2.05, 4.69) is 10.3 Å². The fourth-order valence-corrected chi connectivity index (χ4v) is 3.87. The van der Waals surface area contributed by atoms with Gasteiger partial charge in [0.15, 0.2) is 0 Å². The molecule has 1 saturated carbocycles. The third kappa shape index (κ3) is 1.99. The van der Waals surface area contributed by atoms with Gasteiger partial charge < -0.3 is 15.8 Å². The minimum Gasteiger partial charge on any atom is -0.377 e. The summed E-state index contributed by atoms with van der Waals surface area (Å²) in [6, 6.07) is 5.56. The lowest BCUT2D eigenvalue weighted by atomic mass is 9.46. The maximum Gasteiger partial charge on any atom is 0.246 e. The molecule has 1 aliphatic carbocycles. The number of carbonyl (C=O) groups excluding carboxylic acids is 1. The van der Waals surface area contributed by atoms with Crippen LogP contribution >= 0.6 is 0 Å². The van der Waals surface area contributed by atoms with Crippen molar-refractivity contribution in [1.29, 1.82) is 0 Å². The minimum atomic E-state index is -0.899. The summed E-state index contributed by atoms with van der Waals surface area (Å²) in [6.07, 6.45) is 1.98. The highest BCUT2D eigenvalue weighted by Crippen LogP contribution is 2.57. The number of aryl methyl sites for hydroxylation is 1. The van der Waals surface area contributed by atoms with Gasteiger partial charge in [-0.1, -0.05) is 19.9 Å². The number of hydrogen-bond acceptors (Lipinski definition) is 4. The lowest BCUT2D eigenvalue weighted by Gasteiger charge is -2.65. The fraction of sp³-hybridized carbons (Fsp3) is 0.625. The number of nitrogens with zero attached hydrogens (tertiary/aromatic N) is 1. The first kappa shape index (κ1) is 14.5. The number of aromatic nitrogens is 1. The Hall–Kier alpha value is -1.46. The number of fused-ring (bicyclic) bond motifs is 1. The van der Waals surface area contributed by atoms with Crippen LogP contribution in [0.5, 0.6) is 0 Å². The molecule has 3 atom stereocenters. The number of nitrogens with two attached hydrogens (primary N) is 1. The van der Waals surface area contributed by atoms with Crippen LogP contribution in [0.25, 0.3) is 0 Å². The van der Waals surface area contributed by atoms with Crippen LogP contribution in [-0.2, 0) is 9.53 Å². The number of pyridine rings is 1. The van der Waals surface area contributed by atoms with Crippen LogP contribution in [0, 0.1) is 18.3 Å². The summed E-state index contributed by atoms with van der Waals surface area (Å²) in [6.45, 7) is 6.69. The van der Waals surface area contributed by atoms with Crippen molar-refractivity contribution < 1.29 is 9.53 Å². The van der Waals surface area contributed by atoms with E-state index in [1.54, 1.807) is 6.07 Å². The van der Waals surface area contributed by atoms with Gasteiger partial charge in [0.25, 0.3) is 0 Å². The molecular weight excluding hydrogens is 266 g/mol. The lowest BCUT2D eigenvalue weighted by Crippen LogP contribution is -2.81. The molecule has 0 spiro atoms. The van der Waals surface area contributed by atoms with Crippen LogP contribution in [-0.4, -0.2) is 29.1 Å². The zero-order chi connectivity index (χ0) is 15.3. The Morgan fingerprint density at radius 3 is 2.95 bits per heavy atom. The van der Waals surface area contributed by atoms with Crippen molar-refractivity contribution >= 4 is 11.7 Å². The van der Waals surface area contributed by atoms with Gasteiger partial charge in [-0.25, -0.2) is 4.98 Å². The van der Waals surface area contributed by atoms with Gasteiger partial charge in [-0.15, -0.1) is 0 Å². The molecule has 5 nitrogen and oxygen atoms in total. The maximum absolute atomic E-state index is 12.8. The molecule has 1 aromatic heterocycles. The normalized spacial score (nSPS) is 33.7. The van der Waals surface area contributed by atoms with Gasteiger partial charge in [-0.05, 0) is 31.9 Å². The third-order valence-corrected chi connectivity index (χ3v) is 5.19. The Labute approximate surface area is 125 Å². The van der Waals surface area contributed by atoms with Crippen molar-refractivity contribution in [2.75, 3.05) is 11.9 Å². The molecule has 0 aromatic carbocycles. The van der Waals surface area contributed by atoms with Gasteiger partial charge in [0.05, 0.1) is 6.10 Å². The van der Waals surface area contributed by atoms with Gasteiger partial charge in [0, 0.05) is 23.6 Å². The van der Waals surface area contributed by atoms with Crippen molar-refractivity contribution in [2.45, 2.75) is 45.3 Å². The smallest absolute Gasteiger partial charge is 0.246 e. The van der Waals surface area contributed by atoms with Crippen LogP contribution < -0.4 is 11.1 Å². The highest BCUT2D eigenvalue weighted by atomic mass is 16.5. The van der Waals surface area contributed by atoms with E-state index < -0.39 is 5.54 Å². The van der Waals surface area contributed by atoms with Gasteiger partial charge in [-0.3, -0.25) is 4.79 Å². The summed E-state index contributed by atoms with van der Waals surface area (Å²) in [5.74, 6) is 0.490. The number of ether oxygens (including phenoxy) is 1. The largest absolute Gasteiger partial charge is 0.377 e. The SMILES string of the molecule is Cc1cccc(NC(=O)C2(N)C3CCCOC3C2(C)C)n1. The van der Waals surface area contributed by atoms with Crippen molar-refractivity contribution in [2.24, 2.45) is 17.1 Å². The Kier molecular flexibility index (Phi) is 3.30. The predicted octanol–water partition coefficient (Wildman–Crippen LogP) is 1.86. The summed E-state index contributed by atoms with van der Waals surface area (Å²) >= 11 is 0. The van der Waals surface area contributed by atoms with E-state index in [0.717, 1.165) is 25.1 Å². The van der Waals surface area contributed by atoms with Crippen LogP contribution in [0.3, 0.4) is 0 Å². The first-order valence-electron chi connectivity index (χ1n) is 7.53. The molecule has 3 unspecified atom stereocenters. The fourth-order valence-electron chi connectivity index (χ4n) is 3.87. The number of amides is 1. The third-order valence-electron chi connectivity index (χ3n) is 5.19. The van der Waals surface area contributed by atoms with E-state index in [0.29, 0.717) is 5.82 Å². The summed E-state index contributed by atoms with van der Waals surface area (Å²) in [5, 5.41) is 2.88. The average molecular weight is 289 g/mol. The van der Waals surface area contributed by atoms with Gasteiger partial charge in [-0.2, -0.15) is 0 Å². The van der Waals surface area contributed by atoms with E-state index in [4.69, 9.17) is 10.5 Å². The molecule has 3 rings (SSSR count). The number of carbonyl (C=O) groups is 1. The first-order chi connectivity index (χ1) is 9.87. The van der Waals surface area contributed by atoms with E-state index >= 15 is 0 Å². The van der Waals surface area contributed by atoms with E-state index in [-0.39, 0.29) is 23.3 Å². The standard InChI is InChI=1S/C16H23N3O2/c1-10-6-4-8-12(18-10)19-14(20)16(17)11-7-5-9-21-13(11)15(16,2)3/h4,6,8,11,13H,5,7,9,17H2,1-3H3,(H,18,19,20). The molecule has 1 aliphatic heterocycles. The van der Waals surface area contributed by atoms with Crippen molar-refractivity contribution in [3.8, 4) is 0 Å². The molecule has 114 valence electrons. The zero-order valence-corrected chi connectivity index (χ0v) is 12.8. The lowest BCUT2D eigenvalue weighted by molar-refractivity contribution is -0.222. The Morgan fingerprint density at radius 2 is 2.24 bits per heavy atom. The second kappa shape index (κ2) is 4.78. The molecule has 2 heterocycles. The van der Waals surface area contributed by atoms with Crippen molar-refractivity contribution in [1.82, 2.24) is 4.98 Å². The molecule has 1 saturated heterocycles. The maximum atomic E-state index is 12.8. The van der Waals surface area contributed by atoms with Crippen molar-refractivity contribution in [3.05, 3.63) is 23.9 Å². The summed E-state index contributed by atoms with van der Waals surface area (Å²) in [7, 11) is 0. The molecule has 5 heteroatoms. The van der Waals surface area contributed by atoms with E-state index in [1.807, 2.05) is 32.9 Å². The molecule has 1 aromatic rings. The Balaban J connectivity index is 1.83. The minimum absolute atomic E-state index is 0.0764. The van der Waals surface area contributed by atoms with Crippen LogP contribution in [0.1, 0.15) is 32.4 Å². The summed E-state index contributed by atoms with van der Waals surface area (Å²) < 4.78 is 5.83. The second-order valence-electron chi connectivity index (χ2n) is 6.75. The molecule has 1 amide bonds. The molecule has 0 radical (unpaired) electrons. The zero-order valence-electron chi connectivity index (χ0n) is 12.8. The van der Waals surface area contributed by atoms with Crippen LogP contribution in [0.4, 0.5) is 5.82 Å². The summed E-state index contributed by atoms with van der Waals surface area (Å²) in [5.41, 5.74) is 6.14. The number of nitrogens with one attached hydrogen (secondary N) is 1. The highest BCUT2D eigenvalue weighted by molar-refractivity contribution is 5.99. The number of rotatable bonds is 2. The molecule has 3 N–H and O–H groups in total. The molecule has 0 bridgehead atoms. The molecular formula is C16H23N3O2. The Morgan fingerprint density at radius 1 is 1.48 bits per heavy atom. The molecule has 2 aliphatic rings. The van der Waals surface area contributed by atoms with E-state index in [9.17, 15) is 4.79 Å². The van der Waals surface area contributed by atoms with Crippen LogP contribution in [0.2, 0.25) is 0 Å². The first-order valence-corrected chi connectivity index (χ1v) is 7.53. The topological polar surface area (TPSA) is 77.2 Å². The van der Waals surface area contributed by atoms with Gasteiger partial charge in [0.2, 0.25) is 5.91 Å².